The van der Waals surface area contributed by atoms with E-state index in [9.17, 15) is 4.79 Å². The first kappa shape index (κ1) is 16.0. The molecule has 5 heteroatoms. The van der Waals surface area contributed by atoms with Crippen molar-refractivity contribution in [2.45, 2.75) is 17.7 Å². The Hall–Kier alpha value is -1.04. The average Bonchev–Trinajstić information content (AvgIpc) is 2.42. The molecule has 0 bridgehead atoms. The molecule has 0 fully saturated rings. The number of rotatable bonds is 9. The first-order valence-corrected chi connectivity index (χ1v) is 6.83. The average molecular weight is 283 g/mol. The zero-order chi connectivity index (χ0) is 13.9. The van der Waals surface area contributed by atoms with Crippen LogP contribution in [0.3, 0.4) is 0 Å². The molecule has 0 aromatic heterocycles. The van der Waals surface area contributed by atoms with Crippen LogP contribution in [0.5, 0.6) is 0 Å². The van der Waals surface area contributed by atoms with E-state index in [1.165, 1.54) is 0 Å². The standard InChI is InChI=1S/C14H21NO3S/c1-17-10-11-18-9-5-4-8-15-14(16)12-6-2-3-7-13(12)19/h2-3,6-7,19H,4-5,8-11H2,1H3,(H,15,16). The topological polar surface area (TPSA) is 47.6 Å². The Kier molecular flexibility index (Phi) is 8.29. The zero-order valence-corrected chi connectivity index (χ0v) is 12.1. The second-order valence-electron chi connectivity index (χ2n) is 4.09. The van der Waals surface area contributed by atoms with E-state index in [1.807, 2.05) is 18.2 Å². The smallest absolute Gasteiger partial charge is 0.252 e. The van der Waals surface area contributed by atoms with Gasteiger partial charge in [0.15, 0.2) is 0 Å². The normalized spacial score (nSPS) is 10.4. The number of unbranched alkanes of at least 4 members (excludes halogenated alkanes) is 1. The number of hydrogen-bond donors (Lipinski definition) is 2. The second-order valence-corrected chi connectivity index (χ2v) is 4.57. The lowest BCUT2D eigenvalue weighted by Gasteiger charge is -2.07. The minimum atomic E-state index is -0.0779. The van der Waals surface area contributed by atoms with Crippen molar-refractivity contribution in [2.75, 3.05) is 33.5 Å². The van der Waals surface area contributed by atoms with E-state index in [0.29, 0.717) is 36.8 Å². The highest BCUT2D eigenvalue weighted by atomic mass is 32.1. The Balaban J connectivity index is 2.10. The number of methoxy groups -OCH3 is 1. The fourth-order valence-corrected chi connectivity index (χ4v) is 1.80. The van der Waals surface area contributed by atoms with Gasteiger partial charge in [0, 0.05) is 25.2 Å². The van der Waals surface area contributed by atoms with E-state index in [-0.39, 0.29) is 5.91 Å². The number of carbonyl (C=O) groups is 1. The summed E-state index contributed by atoms with van der Waals surface area (Å²) in [5.74, 6) is -0.0779. The van der Waals surface area contributed by atoms with Crippen LogP contribution in [0.25, 0.3) is 0 Å². The quantitative estimate of drug-likeness (QED) is 0.539. The molecule has 106 valence electrons. The molecular weight excluding hydrogens is 262 g/mol. The van der Waals surface area contributed by atoms with Crippen molar-refractivity contribution in [3.05, 3.63) is 29.8 Å². The van der Waals surface area contributed by atoms with E-state index in [1.54, 1.807) is 13.2 Å². The summed E-state index contributed by atoms with van der Waals surface area (Å²) in [7, 11) is 1.65. The first-order valence-electron chi connectivity index (χ1n) is 6.38. The van der Waals surface area contributed by atoms with E-state index in [2.05, 4.69) is 17.9 Å². The Morgan fingerprint density at radius 1 is 1.21 bits per heavy atom. The van der Waals surface area contributed by atoms with Crippen molar-refractivity contribution in [1.29, 1.82) is 0 Å². The van der Waals surface area contributed by atoms with Gasteiger partial charge in [-0.3, -0.25) is 4.79 Å². The van der Waals surface area contributed by atoms with Crippen molar-refractivity contribution >= 4 is 18.5 Å². The zero-order valence-electron chi connectivity index (χ0n) is 11.2. The van der Waals surface area contributed by atoms with Crippen LogP contribution >= 0.6 is 12.6 Å². The lowest BCUT2D eigenvalue weighted by molar-refractivity contribution is 0.0686. The molecule has 4 nitrogen and oxygen atoms in total. The number of benzene rings is 1. The van der Waals surface area contributed by atoms with Crippen LogP contribution in [0, 0.1) is 0 Å². The van der Waals surface area contributed by atoms with Gasteiger partial charge in [-0.1, -0.05) is 12.1 Å². The largest absolute Gasteiger partial charge is 0.382 e. The van der Waals surface area contributed by atoms with Gasteiger partial charge in [-0.15, -0.1) is 12.6 Å². The van der Waals surface area contributed by atoms with Crippen LogP contribution in [0.2, 0.25) is 0 Å². The number of amides is 1. The molecule has 0 atom stereocenters. The molecule has 1 amide bonds. The molecule has 19 heavy (non-hydrogen) atoms. The van der Waals surface area contributed by atoms with Crippen molar-refractivity contribution in [2.24, 2.45) is 0 Å². The Bertz CT molecular complexity index is 385. The lowest BCUT2D eigenvalue weighted by Crippen LogP contribution is -2.25. The van der Waals surface area contributed by atoms with Crippen LogP contribution in [0.15, 0.2) is 29.2 Å². The molecule has 0 aliphatic heterocycles. The molecule has 0 radical (unpaired) electrons. The van der Waals surface area contributed by atoms with Crippen molar-refractivity contribution in [1.82, 2.24) is 5.32 Å². The summed E-state index contributed by atoms with van der Waals surface area (Å²) in [6.07, 6.45) is 1.82. The molecule has 0 aliphatic carbocycles. The number of nitrogens with one attached hydrogen (secondary N) is 1. The number of carbonyl (C=O) groups excluding carboxylic acids is 1. The number of hydrogen-bond acceptors (Lipinski definition) is 4. The highest BCUT2D eigenvalue weighted by Crippen LogP contribution is 2.12. The molecule has 0 heterocycles. The first-order chi connectivity index (χ1) is 9.25. The van der Waals surface area contributed by atoms with Crippen LogP contribution in [0.1, 0.15) is 23.2 Å². The van der Waals surface area contributed by atoms with Crippen molar-refractivity contribution in [3.63, 3.8) is 0 Å². The minimum absolute atomic E-state index is 0.0779. The molecule has 0 saturated carbocycles. The summed E-state index contributed by atoms with van der Waals surface area (Å²) in [5.41, 5.74) is 0.613. The lowest BCUT2D eigenvalue weighted by atomic mass is 10.2. The maximum absolute atomic E-state index is 11.8. The summed E-state index contributed by atoms with van der Waals surface area (Å²) < 4.78 is 10.2. The van der Waals surface area contributed by atoms with E-state index in [0.717, 1.165) is 12.8 Å². The van der Waals surface area contributed by atoms with Gasteiger partial charge in [0.2, 0.25) is 0 Å². The molecule has 1 N–H and O–H groups in total. The molecule has 0 spiro atoms. The van der Waals surface area contributed by atoms with Crippen molar-refractivity contribution < 1.29 is 14.3 Å². The summed E-state index contributed by atoms with van der Waals surface area (Å²) in [5, 5.41) is 2.87. The van der Waals surface area contributed by atoms with Crippen molar-refractivity contribution in [3.8, 4) is 0 Å². The third-order valence-corrected chi connectivity index (χ3v) is 2.97. The van der Waals surface area contributed by atoms with Gasteiger partial charge in [0.05, 0.1) is 18.8 Å². The fraction of sp³-hybridized carbons (Fsp3) is 0.500. The third kappa shape index (κ3) is 6.61. The van der Waals surface area contributed by atoms with E-state index < -0.39 is 0 Å². The Morgan fingerprint density at radius 3 is 2.74 bits per heavy atom. The van der Waals surface area contributed by atoms with Gasteiger partial charge in [-0.2, -0.15) is 0 Å². The van der Waals surface area contributed by atoms with Crippen LogP contribution in [0.4, 0.5) is 0 Å². The predicted molar refractivity (Wildman–Crippen MR) is 78.0 cm³/mol. The van der Waals surface area contributed by atoms with Gasteiger partial charge in [-0.05, 0) is 25.0 Å². The maximum atomic E-state index is 11.8. The minimum Gasteiger partial charge on any atom is -0.382 e. The predicted octanol–water partition coefficient (Wildman–Crippen LogP) is 2.15. The fourth-order valence-electron chi connectivity index (χ4n) is 1.54. The summed E-state index contributed by atoms with van der Waals surface area (Å²) >= 11 is 4.26. The Labute approximate surface area is 119 Å². The van der Waals surface area contributed by atoms with Crippen LogP contribution < -0.4 is 5.32 Å². The van der Waals surface area contributed by atoms with Crippen LogP contribution in [-0.4, -0.2) is 39.4 Å². The van der Waals surface area contributed by atoms with E-state index >= 15 is 0 Å². The van der Waals surface area contributed by atoms with Gasteiger partial charge < -0.3 is 14.8 Å². The van der Waals surface area contributed by atoms with Gasteiger partial charge in [-0.25, -0.2) is 0 Å². The highest BCUT2D eigenvalue weighted by molar-refractivity contribution is 7.80. The molecule has 1 aromatic carbocycles. The molecule has 0 unspecified atom stereocenters. The van der Waals surface area contributed by atoms with E-state index in [4.69, 9.17) is 9.47 Å². The molecule has 1 aromatic rings. The third-order valence-electron chi connectivity index (χ3n) is 2.58. The monoisotopic (exact) mass is 283 g/mol. The maximum Gasteiger partial charge on any atom is 0.252 e. The number of ether oxygens (including phenoxy) is 2. The SMILES string of the molecule is COCCOCCCCNC(=O)c1ccccc1S. The summed E-state index contributed by atoms with van der Waals surface area (Å²) in [6, 6.07) is 7.27. The molecule has 0 saturated heterocycles. The summed E-state index contributed by atoms with van der Waals surface area (Å²) in [4.78, 5) is 12.5. The second kappa shape index (κ2) is 9.83. The number of thiol groups is 1. The molecule has 0 aliphatic rings. The van der Waals surface area contributed by atoms with Crippen LogP contribution in [-0.2, 0) is 9.47 Å². The highest BCUT2D eigenvalue weighted by Gasteiger charge is 2.07. The molecule has 1 rings (SSSR count). The molecular formula is C14H21NO3S. The summed E-state index contributed by atoms with van der Waals surface area (Å²) in [6.45, 7) is 2.59. The Morgan fingerprint density at radius 2 is 2.00 bits per heavy atom. The van der Waals surface area contributed by atoms with Gasteiger partial charge >= 0.3 is 0 Å². The van der Waals surface area contributed by atoms with Gasteiger partial charge in [0.25, 0.3) is 5.91 Å². The van der Waals surface area contributed by atoms with Gasteiger partial charge in [0.1, 0.15) is 0 Å².